The molecule has 0 spiro atoms. The Morgan fingerprint density at radius 1 is 0.955 bits per heavy atom. The number of aliphatic imine (C=N–C) groups is 1. The Balaban J connectivity index is 1.84. The van der Waals surface area contributed by atoms with Gasteiger partial charge in [-0.2, -0.15) is 4.68 Å². The predicted molar refractivity (Wildman–Crippen MR) is 86.6 cm³/mol. The van der Waals surface area contributed by atoms with Crippen LogP contribution >= 0.6 is 11.6 Å². The number of nitrogens with one attached hydrogen (secondary N) is 1. The van der Waals surface area contributed by atoms with Crippen molar-refractivity contribution in [2.24, 2.45) is 4.99 Å². The molecule has 2 heterocycles. The highest BCUT2D eigenvalue weighted by Crippen LogP contribution is 2.34. The fourth-order valence-electron chi connectivity index (χ4n) is 2.52. The number of para-hydroxylation sites is 1. The van der Waals surface area contributed by atoms with E-state index in [-0.39, 0.29) is 6.04 Å². The van der Waals surface area contributed by atoms with E-state index < -0.39 is 0 Å². The second-order valence-electron chi connectivity index (χ2n) is 4.93. The first-order valence-corrected chi connectivity index (χ1v) is 7.27. The minimum atomic E-state index is -0.248. The standard InChI is InChI=1S/C16H12ClN5/c17-16-18-13(11-7-3-1-4-8-11)14-15(19-16)22(21-20-14)12-9-5-2-6-10-12/h1-10,13H,(H,18,19). The van der Waals surface area contributed by atoms with Gasteiger partial charge in [-0.3, -0.25) is 0 Å². The van der Waals surface area contributed by atoms with E-state index in [4.69, 9.17) is 11.6 Å². The molecular weight excluding hydrogens is 298 g/mol. The van der Waals surface area contributed by atoms with E-state index in [1.807, 2.05) is 60.7 Å². The highest BCUT2D eigenvalue weighted by atomic mass is 35.5. The first kappa shape index (κ1) is 13.0. The molecule has 1 aliphatic rings. The van der Waals surface area contributed by atoms with Crippen LogP contribution in [0.25, 0.3) is 5.69 Å². The van der Waals surface area contributed by atoms with Gasteiger partial charge in [-0.15, -0.1) is 5.10 Å². The molecule has 22 heavy (non-hydrogen) atoms. The molecule has 5 nitrogen and oxygen atoms in total. The molecule has 4 rings (SSSR count). The normalized spacial score (nSPS) is 16.6. The summed E-state index contributed by atoms with van der Waals surface area (Å²) in [5.74, 6) is 0.750. The third-order valence-corrected chi connectivity index (χ3v) is 3.73. The van der Waals surface area contributed by atoms with Crippen molar-refractivity contribution in [3.8, 4) is 5.69 Å². The number of benzene rings is 2. The zero-order chi connectivity index (χ0) is 14.9. The lowest BCUT2D eigenvalue weighted by Crippen LogP contribution is -2.18. The summed E-state index contributed by atoms with van der Waals surface area (Å²) in [6, 6.07) is 19.5. The third-order valence-electron chi connectivity index (χ3n) is 3.54. The van der Waals surface area contributed by atoms with Crippen LogP contribution in [0.5, 0.6) is 0 Å². The van der Waals surface area contributed by atoms with Gasteiger partial charge in [0.05, 0.1) is 5.69 Å². The van der Waals surface area contributed by atoms with Crippen molar-refractivity contribution in [1.82, 2.24) is 15.0 Å². The van der Waals surface area contributed by atoms with Crippen molar-refractivity contribution in [1.29, 1.82) is 0 Å². The largest absolute Gasteiger partial charge is 0.314 e. The molecule has 1 N–H and O–H groups in total. The Hall–Kier alpha value is -2.66. The number of hydrogen-bond donors (Lipinski definition) is 1. The number of rotatable bonds is 2. The van der Waals surface area contributed by atoms with E-state index in [1.54, 1.807) is 4.68 Å². The van der Waals surface area contributed by atoms with Gasteiger partial charge >= 0.3 is 0 Å². The number of fused-ring (bicyclic) bond motifs is 1. The van der Waals surface area contributed by atoms with Crippen molar-refractivity contribution >= 4 is 22.7 Å². The molecule has 0 bridgehead atoms. The van der Waals surface area contributed by atoms with Crippen LogP contribution in [0.2, 0.25) is 0 Å². The average molecular weight is 310 g/mol. The number of hydrogen-bond acceptors (Lipinski definition) is 4. The summed E-state index contributed by atoms with van der Waals surface area (Å²) in [5, 5.41) is 12.0. The Morgan fingerprint density at radius 2 is 1.64 bits per heavy atom. The molecule has 0 radical (unpaired) electrons. The van der Waals surface area contributed by atoms with Crippen molar-refractivity contribution in [2.45, 2.75) is 6.04 Å². The average Bonchev–Trinajstić information content (AvgIpc) is 2.99. The Bertz CT molecular complexity index is 826. The SMILES string of the molecule is ClC1=NC(c2ccccc2)c2nnn(-c3ccccc3)c2N1. The molecule has 0 saturated heterocycles. The lowest BCUT2D eigenvalue weighted by atomic mass is 10.0. The molecule has 108 valence electrons. The molecule has 0 aliphatic carbocycles. The van der Waals surface area contributed by atoms with E-state index in [0.29, 0.717) is 5.29 Å². The lowest BCUT2D eigenvalue weighted by Gasteiger charge is -2.19. The topological polar surface area (TPSA) is 55.1 Å². The molecule has 1 atom stereocenters. The predicted octanol–water partition coefficient (Wildman–Crippen LogP) is 3.38. The van der Waals surface area contributed by atoms with Gasteiger partial charge in [-0.25, -0.2) is 4.99 Å². The summed E-state index contributed by atoms with van der Waals surface area (Å²) >= 11 is 6.18. The minimum absolute atomic E-state index is 0.248. The molecule has 1 unspecified atom stereocenters. The van der Waals surface area contributed by atoms with Gasteiger partial charge in [-0.05, 0) is 29.3 Å². The summed E-state index contributed by atoms with van der Waals surface area (Å²) in [4.78, 5) is 4.46. The fourth-order valence-corrected chi connectivity index (χ4v) is 2.70. The second kappa shape index (κ2) is 5.27. The Labute approximate surface area is 132 Å². The number of aromatic nitrogens is 3. The smallest absolute Gasteiger partial charge is 0.197 e. The molecule has 0 fully saturated rings. The van der Waals surface area contributed by atoms with Crippen LogP contribution in [0.15, 0.2) is 65.7 Å². The molecule has 3 aromatic rings. The first-order chi connectivity index (χ1) is 10.8. The minimum Gasteiger partial charge on any atom is -0.314 e. The van der Waals surface area contributed by atoms with E-state index in [9.17, 15) is 0 Å². The molecule has 0 saturated carbocycles. The maximum absolute atomic E-state index is 6.18. The van der Waals surface area contributed by atoms with Crippen molar-refractivity contribution < 1.29 is 0 Å². The number of amidine groups is 1. The zero-order valence-electron chi connectivity index (χ0n) is 11.5. The summed E-state index contributed by atoms with van der Waals surface area (Å²) in [7, 11) is 0. The highest BCUT2D eigenvalue weighted by Gasteiger charge is 2.28. The van der Waals surface area contributed by atoms with Gasteiger partial charge in [0.1, 0.15) is 11.7 Å². The van der Waals surface area contributed by atoms with Crippen LogP contribution in [0.3, 0.4) is 0 Å². The van der Waals surface area contributed by atoms with Crippen LogP contribution in [-0.4, -0.2) is 20.3 Å². The summed E-state index contributed by atoms with van der Waals surface area (Å²) < 4.78 is 1.74. The lowest BCUT2D eigenvalue weighted by molar-refractivity contribution is 0.783. The second-order valence-corrected chi connectivity index (χ2v) is 5.29. The number of anilines is 1. The third kappa shape index (κ3) is 2.16. The van der Waals surface area contributed by atoms with Gasteiger partial charge < -0.3 is 5.32 Å². The monoisotopic (exact) mass is 309 g/mol. The molecule has 6 heteroatoms. The van der Waals surface area contributed by atoms with Gasteiger partial charge in [0.2, 0.25) is 0 Å². The number of nitrogens with zero attached hydrogens (tertiary/aromatic N) is 4. The van der Waals surface area contributed by atoms with E-state index in [0.717, 1.165) is 22.8 Å². The molecule has 0 amide bonds. The maximum Gasteiger partial charge on any atom is 0.197 e. The van der Waals surface area contributed by atoms with E-state index >= 15 is 0 Å². The van der Waals surface area contributed by atoms with Gasteiger partial charge in [0, 0.05) is 0 Å². The van der Waals surface area contributed by atoms with Crippen LogP contribution < -0.4 is 5.32 Å². The highest BCUT2D eigenvalue weighted by molar-refractivity contribution is 6.67. The summed E-state index contributed by atoms with van der Waals surface area (Å²) in [6.45, 7) is 0. The Morgan fingerprint density at radius 3 is 2.36 bits per heavy atom. The molecule has 1 aromatic heterocycles. The van der Waals surface area contributed by atoms with Crippen molar-refractivity contribution in [3.05, 3.63) is 71.9 Å². The van der Waals surface area contributed by atoms with Crippen LogP contribution in [0, 0.1) is 0 Å². The van der Waals surface area contributed by atoms with Crippen LogP contribution in [0.4, 0.5) is 5.82 Å². The van der Waals surface area contributed by atoms with Crippen molar-refractivity contribution in [3.63, 3.8) is 0 Å². The first-order valence-electron chi connectivity index (χ1n) is 6.89. The van der Waals surface area contributed by atoms with E-state index in [2.05, 4.69) is 20.6 Å². The molecular formula is C16H12ClN5. The quantitative estimate of drug-likeness (QED) is 0.738. The molecule has 2 aromatic carbocycles. The van der Waals surface area contributed by atoms with Crippen molar-refractivity contribution in [2.75, 3.05) is 5.32 Å². The van der Waals surface area contributed by atoms with Gasteiger partial charge in [0.25, 0.3) is 0 Å². The van der Waals surface area contributed by atoms with E-state index in [1.165, 1.54) is 0 Å². The Kier molecular flexibility index (Phi) is 3.12. The van der Waals surface area contributed by atoms with Crippen LogP contribution in [0.1, 0.15) is 17.3 Å². The van der Waals surface area contributed by atoms with Gasteiger partial charge in [0.15, 0.2) is 11.1 Å². The summed E-state index contributed by atoms with van der Waals surface area (Å²) in [5.41, 5.74) is 2.71. The van der Waals surface area contributed by atoms with Gasteiger partial charge in [-0.1, -0.05) is 53.7 Å². The zero-order valence-corrected chi connectivity index (χ0v) is 12.3. The number of halogens is 1. The molecule has 1 aliphatic heterocycles. The van der Waals surface area contributed by atoms with Crippen LogP contribution in [-0.2, 0) is 0 Å². The fraction of sp³-hybridized carbons (Fsp3) is 0.0625. The summed E-state index contributed by atoms with van der Waals surface area (Å²) in [6.07, 6.45) is 0. The maximum atomic E-state index is 6.18.